The number of benzene rings is 1. The van der Waals surface area contributed by atoms with Crippen molar-refractivity contribution in [1.29, 1.82) is 5.53 Å². The molecule has 0 bridgehead atoms. The fraction of sp³-hybridized carbons (Fsp3) is 0.455. The summed E-state index contributed by atoms with van der Waals surface area (Å²) in [5.41, 5.74) is 9.98. The van der Waals surface area contributed by atoms with E-state index in [1.54, 1.807) is 30.5 Å². The van der Waals surface area contributed by atoms with Crippen molar-refractivity contribution in [1.82, 2.24) is 18.9 Å². The first-order chi connectivity index (χ1) is 17.4. The van der Waals surface area contributed by atoms with Gasteiger partial charge in [0.15, 0.2) is 0 Å². The number of alkyl halides is 3. The minimum Gasteiger partial charge on any atom is -0.479 e. The third-order valence-electron chi connectivity index (χ3n) is 6.01. The van der Waals surface area contributed by atoms with Crippen molar-refractivity contribution < 1.29 is 26.3 Å². The Labute approximate surface area is 211 Å². The van der Waals surface area contributed by atoms with Gasteiger partial charge in [0, 0.05) is 24.8 Å². The third-order valence-corrected chi connectivity index (χ3v) is 7.26. The molecule has 3 heterocycles. The number of methoxy groups -OCH3 is 1. The van der Waals surface area contributed by atoms with Crippen molar-refractivity contribution in [2.45, 2.75) is 31.5 Å². The predicted molar refractivity (Wildman–Crippen MR) is 132 cm³/mol. The number of nitrogens with zero attached hydrogens (tertiary/aromatic N) is 5. The van der Waals surface area contributed by atoms with Crippen LogP contribution in [0.25, 0.3) is 16.6 Å². The number of aromatic nitrogens is 3. The number of ether oxygens (including phenoxy) is 1. The number of piperidine rings is 1. The van der Waals surface area contributed by atoms with Crippen LogP contribution in [0, 0.1) is 5.53 Å². The molecule has 0 spiro atoms. The molecule has 0 aliphatic carbocycles. The van der Waals surface area contributed by atoms with E-state index in [9.17, 15) is 21.6 Å². The first-order valence-electron chi connectivity index (χ1n) is 11.4. The van der Waals surface area contributed by atoms with Crippen LogP contribution in [-0.2, 0) is 10.0 Å². The second kappa shape index (κ2) is 10.1. The van der Waals surface area contributed by atoms with E-state index >= 15 is 0 Å². The molecule has 2 atom stereocenters. The molecular formula is C22H27F3N8O3S. The summed E-state index contributed by atoms with van der Waals surface area (Å²) in [5, 5.41) is 13.4. The number of halogens is 3. The van der Waals surface area contributed by atoms with Crippen LogP contribution in [0.4, 0.5) is 30.5 Å². The second-order valence-electron chi connectivity index (χ2n) is 8.82. The largest absolute Gasteiger partial charge is 0.479 e. The summed E-state index contributed by atoms with van der Waals surface area (Å²) in [6.07, 6.45) is 1.27. The van der Waals surface area contributed by atoms with Crippen LogP contribution in [0.15, 0.2) is 35.6 Å². The van der Waals surface area contributed by atoms with Gasteiger partial charge in [-0.05, 0) is 37.1 Å². The topological polar surface area (TPSA) is 137 Å². The highest BCUT2D eigenvalue weighted by molar-refractivity contribution is 7.88. The number of nitrogens with one attached hydrogen (secondary N) is 3. The van der Waals surface area contributed by atoms with Crippen molar-refractivity contribution >= 4 is 32.9 Å². The maximum atomic E-state index is 14.8. The average Bonchev–Trinajstić information content (AvgIpc) is 3.26. The zero-order chi connectivity index (χ0) is 27.0. The summed E-state index contributed by atoms with van der Waals surface area (Å²) in [5.74, 6) is -3.33. The van der Waals surface area contributed by atoms with Gasteiger partial charge in [0.25, 0.3) is 5.92 Å². The van der Waals surface area contributed by atoms with Gasteiger partial charge in [-0.2, -0.15) is 14.4 Å². The molecule has 15 heteroatoms. The van der Waals surface area contributed by atoms with E-state index in [0.29, 0.717) is 28.0 Å². The van der Waals surface area contributed by atoms with Gasteiger partial charge in [0.05, 0.1) is 31.6 Å². The molecule has 200 valence electrons. The van der Waals surface area contributed by atoms with Crippen LogP contribution in [0.1, 0.15) is 13.3 Å². The van der Waals surface area contributed by atoms with Crippen LogP contribution in [0.2, 0.25) is 0 Å². The van der Waals surface area contributed by atoms with Crippen molar-refractivity contribution in [3.05, 3.63) is 30.5 Å². The Morgan fingerprint density at radius 1 is 1.35 bits per heavy atom. The van der Waals surface area contributed by atoms with E-state index in [2.05, 4.69) is 25.8 Å². The molecule has 0 amide bonds. The molecule has 0 unspecified atom stereocenters. The minimum absolute atomic E-state index is 0.0394. The number of anilines is 2. The molecule has 3 aromatic rings. The zero-order valence-corrected chi connectivity index (χ0v) is 21.2. The van der Waals surface area contributed by atoms with Gasteiger partial charge in [-0.3, -0.25) is 0 Å². The average molecular weight is 541 g/mol. The molecule has 0 radical (unpaired) electrons. The Balaban J connectivity index is 1.65. The predicted octanol–water partition coefficient (Wildman–Crippen LogP) is 3.92. The van der Waals surface area contributed by atoms with Crippen molar-refractivity contribution in [2.75, 3.05) is 43.6 Å². The zero-order valence-electron chi connectivity index (χ0n) is 20.4. The van der Waals surface area contributed by atoms with Crippen LogP contribution in [-0.4, -0.2) is 78.5 Å². The Kier molecular flexibility index (Phi) is 7.28. The molecule has 2 aromatic heterocycles. The van der Waals surface area contributed by atoms with Gasteiger partial charge in [-0.1, -0.05) is 6.07 Å². The Hall–Kier alpha value is -3.46. The molecule has 1 aromatic carbocycles. The lowest BCUT2D eigenvalue weighted by Gasteiger charge is -2.37. The summed E-state index contributed by atoms with van der Waals surface area (Å²) in [6, 6.07) is 5.42. The van der Waals surface area contributed by atoms with E-state index in [0.717, 1.165) is 10.6 Å². The smallest absolute Gasteiger partial charge is 0.281 e. The number of sulfonamides is 1. The number of hydrogen-bond acceptors (Lipinski definition) is 9. The standard InChI is InChI=1S/C22H27F3N8O3S/c1-13(23)11-27-17-10-14(4-5-16(17)30-26)15-6-9-33-19(15)20(36-2)29-21(31-33)28-18-7-8-32(37(3,34)35)12-22(18,24)25/h4-6,9-10,13,18,26-27H,7-8,11-12H2,1-3H3,(H,28,31)/t13-,18-/m1/s1. The van der Waals surface area contributed by atoms with Gasteiger partial charge >= 0.3 is 0 Å². The highest BCUT2D eigenvalue weighted by atomic mass is 32.2. The number of hydrogen-bond donors (Lipinski definition) is 3. The molecule has 1 saturated heterocycles. The van der Waals surface area contributed by atoms with Gasteiger partial charge in [0.1, 0.15) is 17.4 Å². The van der Waals surface area contributed by atoms with Crippen LogP contribution >= 0.6 is 0 Å². The Morgan fingerprint density at radius 2 is 2.11 bits per heavy atom. The van der Waals surface area contributed by atoms with E-state index in [1.807, 2.05) is 0 Å². The van der Waals surface area contributed by atoms with E-state index < -0.39 is 34.7 Å². The first-order valence-corrected chi connectivity index (χ1v) is 13.2. The van der Waals surface area contributed by atoms with E-state index in [-0.39, 0.29) is 31.3 Å². The number of fused-ring (bicyclic) bond motifs is 1. The summed E-state index contributed by atoms with van der Waals surface area (Å²) >= 11 is 0. The molecule has 0 saturated carbocycles. The normalized spacial score (nSPS) is 18.9. The second-order valence-corrected chi connectivity index (χ2v) is 10.8. The van der Waals surface area contributed by atoms with Crippen LogP contribution in [0.5, 0.6) is 5.88 Å². The maximum Gasteiger partial charge on any atom is 0.281 e. The maximum absolute atomic E-state index is 14.8. The molecule has 1 fully saturated rings. The van der Waals surface area contributed by atoms with E-state index in [4.69, 9.17) is 10.3 Å². The molecule has 1 aliphatic rings. The summed E-state index contributed by atoms with van der Waals surface area (Å²) in [6.45, 7) is 0.456. The first kappa shape index (κ1) is 26.6. The summed E-state index contributed by atoms with van der Waals surface area (Å²) in [7, 11) is -2.35. The Bertz CT molecular complexity index is 1410. The molecule has 37 heavy (non-hydrogen) atoms. The monoisotopic (exact) mass is 540 g/mol. The lowest BCUT2D eigenvalue weighted by molar-refractivity contribution is -0.0541. The van der Waals surface area contributed by atoms with Crippen LogP contribution < -0.4 is 15.4 Å². The highest BCUT2D eigenvalue weighted by Gasteiger charge is 2.47. The highest BCUT2D eigenvalue weighted by Crippen LogP contribution is 2.36. The van der Waals surface area contributed by atoms with Crippen molar-refractivity contribution in [3.8, 4) is 17.0 Å². The van der Waals surface area contributed by atoms with Gasteiger partial charge in [-0.25, -0.2) is 31.6 Å². The minimum atomic E-state index is -3.74. The molecule has 4 rings (SSSR count). The molecule has 3 N–H and O–H groups in total. The Morgan fingerprint density at radius 3 is 2.73 bits per heavy atom. The van der Waals surface area contributed by atoms with Gasteiger partial charge < -0.3 is 15.4 Å². The van der Waals surface area contributed by atoms with Gasteiger partial charge in [-0.15, -0.1) is 5.10 Å². The summed E-state index contributed by atoms with van der Waals surface area (Å²) < 4.78 is 73.9. The quantitative estimate of drug-likeness (QED) is 0.350. The van der Waals surface area contributed by atoms with Crippen LogP contribution in [0.3, 0.4) is 0 Å². The molecule has 1 aliphatic heterocycles. The SMILES string of the molecule is COc1nc(N[C@@H]2CCN(S(C)(=O)=O)CC2(F)F)nn2ccc(-c3ccc(N=N)c(NC[C@@H](C)F)c3)c12. The molecule has 11 nitrogen and oxygen atoms in total. The van der Waals surface area contributed by atoms with E-state index in [1.165, 1.54) is 18.5 Å². The van der Waals surface area contributed by atoms with Crippen molar-refractivity contribution in [3.63, 3.8) is 0 Å². The fourth-order valence-corrected chi connectivity index (χ4v) is 4.99. The summed E-state index contributed by atoms with van der Waals surface area (Å²) in [4.78, 5) is 4.28. The van der Waals surface area contributed by atoms with Crippen molar-refractivity contribution in [2.24, 2.45) is 5.11 Å². The molecular weight excluding hydrogens is 513 g/mol. The lowest BCUT2D eigenvalue weighted by Crippen LogP contribution is -2.55. The lowest BCUT2D eigenvalue weighted by atomic mass is 10.0. The number of rotatable bonds is 9. The third kappa shape index (κ3) is 5.61. The van der Waals surface area contributed by atoms with Gasteiger partial charge in [0.2, 0.25) is 21.9 Å². The fourth-order valence-electron chi connectivity index (χ4n) is 4.15.